The Morgan fingerprint density at radius 3 is 2.17 bits per heavy atom. The summed E-state index contributed by atoms with van der Waals surface area (Å²) in [5.41, 5.74) is 4.76. The zero-order valence-electron chi connectivity index (χ0n) is 14.6. The molecule has 1 saturated heterocycles. The number of likely N-dealkylation sites (tertiary alicyclic amines) is 1. The van der Waals surface area contributed by atoms with E-state index in [-0.39, 0.29) is 11.9 Å². The van der Waals surface area contributed by atoms with Crippen molar-refractivity contribution in [3.05, 3.63) is 35.4 Å². The van der Waals surface area contributed by atoms with E-state index >= 15 is 0 Å². The molecular formula is C18H24N2O4. The van der Waals surface area contributed by atoms with E-state index in [9.17, 15) is 14.4 Å². The van der Waals surface area contributed by atoms with E-state index in [1.807, 2.05) is 27.7 Å². The van der Waals surface area contributed by atoms with Gasteiger partial charge in [-0.1, -0.05) is 0 Å². The van der Waals surface area contributed by atoms with Crippen LogP contribution in [0.4, 0.5) is 0 Å². The summed E-state index contributed by atoms with van der Waals surface area (Å²) in [6.07, 6.45) is 0.563. The Morgan fingerprint density at radius 1 is 1.12 bits per heavy atom. The fraction of sp³-hybridized carbons (Fsp3) is 0.500. The third-order valence-electron chi connectivity index (χ3n) is 4.07. The van der Waals surface area contributed by atoms with Crippen LogP contribution >= 0.6 is 0 Å². The first-order valence-electron chi connectivity index (χ1n) is 7.94. The van der Waals surface area contributed by atoms with Gasteiger partial charge >= 0.3 is 5.97 Å². The molecule has 0 saturated carbocycles. The number of rotatable bonds is 3. The number of nitrogens with zero attached hydrogens (tertiary/aromatic N) is 1. The van der Waals surface area contributed by atoms with Crippen molar-refractivity contribution < 1.29 is 19.1 Å². The van der Waals surface area contributed by atoms with Gasteiger partial charge in [-0.15, -0.1) is 0 Å². The number of nitrogens with two attached hydrogens (primary N) is 1. The Morgan fingerprint density at radius 2 is 1.67 bits per heavy atom. The average Bonchev–Trinajstić information content (AvgIpc) is 2.89. The van der Waals surface area contributed by atoms with Crippen LogP contribution in [0.1, 0.15) is 54.8 Å². The van der Waals surface area contributed by atoms with Crippen molar-refractivity contribution in [2.45, 2.75) is 39.7 Å². The van der Waals surface area contributed by atoms with Gasteiger partial charge in [0, 0.05) is 24.2 Å². The van der Waals surface area contributed by atoms with Gasteiger partial charge in [0.15, 0.2) is 0 Å². The van der Waals surface area contributed by atoms with Crippen LogP contribution in [0.3, 0.4) is 0 Å². The number of primary amides is 1. The Balaban J connectivity index is 2.08. The molecule has 0 spiro atoms. The largest absolute Gasteiger partial charge is 0.459 e. The number of carbonyl (C=O) groups is 3. The lowest BCUT2D eigenvalue weighted by atomic mass is 9.90. The Labute approximate surface area is 142 Å². The minimum atomic E-state index is -0.698. The van der Waals surface area contributed by atoms with Gasteiger partial charge in [-0.05, 0) is 58.4 Å². The van der Waals surface area contributed by atoms with Gasteiger partial charge < -0.3 is 15.4 Å². The number of esters is 1. The van der Waals surface area contributed by atoms with Crippen LogP contribution in [0.2, 0.25) is 0 Å². The highest BCUT2D eigenvalue weighted by Gasteiger charge is 2.44. The molecule has 1 heterocycles. The van der Waals surface area contributed by atoms with Crippen LogP contribution in [0.5, 0.6) is 0 Å². The zero-order chi connectivity index (χ0) is 18.1. The minimum absolute atomic E-state index is 0.168. The lowest BCUT2D eigenvalue weighted by Gasteiger charge is -2.28. The molecule has 1 aliphatic heterocycles. The molecule has 1 aliphatic rings. The van der Waals surface area contributed by atoms with Gasteiger partial charge in [0.25, 0.3) is 5.91 Å². The molecule has 0 aromatic heterocycles. The molecule has 1 aromatic carbocycles. The quantitative estimate of drug-likeness (QED) is 0.857. The number of hydrogen-bond donors (Lipinski definition) is 1. The third kappa shape index (κ3) is 3.93. The van der Waals surface area contributed by atoms with Gasteiger partial charge in [0.05, 0.1) is 5.41 Å². The van der Waals surface area contributed by atoms with Gasteiger partial charge in [-0.25, -0.2) is 0 Å². The van der Waals surface area contributed by atoms with Crippen molar-refractivity contribution in [2.24, 2.45) is 11.1 Å². The Bertz CT molecular complexity index is 661. The Hall–Kier alpha value is -2.37. The highest BCUT2D eigenvalue weighted by Crippen LogP contribution is 2.33. The maximum absolute atomic E-state index is 12.6. The summed E-state index contributed by atoms with van der Waals surface area (Å²) in [6, 6.07) is 6.20. The van der Waals surface area contributed by atoms with Crippen molar-refractivity contribution in [1.82, 2.24) is 4.90 Å². The first-order chi connectivity index (χ1) is 11.0. The molecular weight excluding hydrogens is 308 g/mol. The van der Waals surface area contributed by atoms with Gasteiger partial charge in [-0.3, -0.25) is 14.4 Å². The number of carbonyl (C=O) groups excluding carboxylic acids is 3. The minimum Gasteiger partial charge on any atom is -0.459 e. The molecule has 24 heavy (non-hydrogen) atoms. The van der Waals surface area contributed by atoms with Crippen LogP contribution in [0.25, 0.3) is 0 Å². The summed E-state index contributed by atoms with van der Waals surface area (Å²) in [6.45, 7) is 8.11. The highest BCUT2D eigenvalue weighted by molar-refractivity contribution is 5.97. The van der Waals surface area contributed by atoms with Gasteiger partial charge in [0.2, 0.25) is 5.91 Å². The monoisotopic (exact) mass is 332 g/mol. The van der Waals surface area contributed by atoms with E-state index in [0.717, 1.165) is 0 Å². The molecule has 130 valence electrons. The Kier molecular flexibility index (Phi) is 4.69. The maximum Gasteiger partial charge on any atom is 0.314 e. The molecule has 1 atom stereocenters. The molecule has 1 aromatic rings. The molecule has 6 heteroatoms. The van der Waals surface area contributed by atoms with Crippen LogP contribution in [0, 0.1) is 5.41 Å². The van der Waals surface area contributed by atoms with Crippen LogP contribution in [0.15, 0.2) is 24.3 Å². The van der Waals surface area contributed by atoms with Gasteiger partial charge in [0.1, 0.15) is 5.60 Å². The summed E-state index contributed by atoms with van der Waals surface area (Å²) in [7, 11) is 0. The molecule has 2 rings (SSSR count). The standard InChI is InChI=1S/C18H24N2O4/c1-17(2,3)24-16(23)18(4)9-10-20(11-18)15(22)13-7-5-12(6-8-13)14(19)21/h5-8H,9-11H2,1-4H3,(H2,19,21)/t18-/m0/s1. The molecule has 0 bridgehead atoms. The second-order valence-corrected chi connectivity index (χ2v) is 7.48. The normalized spacial score (nSPS) is 20.8. The highest BCUT2D eigenvalue weighted by atomic mass is 16.6. The molecule has 0 radical (unpaired) electrons. The summed E-state index contributed by atoms with van der Waals surface area (Å²) in [5.74, 6) is -0.986. The first kappa shape index (κ1) is 18.0. The topological polar surface area (TPSA) is 89.7 Å². The summed E-state index contributed by atoms with van der Waals surface area (Å²) in [4.78, 5) is 37.7. The average molecular weight is 332 g/mol. The lowest BCUT2D eigenvalue weighted by Crippen LogP contribution is -2.39. The smallest absolute Gasteiger partial charge is 0.314 e. The van der Waals surface area contributed by atoms with Gasteiger partial charge in [-0.2, -0.15) is 0 Å². The zero-order valence-corrected chi connectivity index (χ0v) is 14.6. The second kappa shape index (κ2) is 6.26. The predicted molar refractivity (Wildman–Crippen MR) is 89.4 cm³/mol. The molecule has 1 fully saturated rings. The third-order valence-corrected chi connectivity index (χ3v) is 4.07. The molecule has 2 N–H and O–H groups in total. The summed E-state index contributed by atoms with van der Waals surface area (Å²) in [5, 5.41) is 0. The summed E-state index contributed by atoms with van der Waals surface area (Å²) < 4.78 is 5.47. The summed E-state index contributed by atoms with van der Waals surface area (Å²) >= 11 is 0. The van der Waals surface area contributed by atoms with E-state index in [0.29, 0.717) is 30.6 Å². The van der Waals surface area contributed by atoms with Crippen molar-refractivity contribution in [2.75, 3.05) is 13.1 Å². The lowest BCUT2D eigenvalue weighted by molar-refractivity contribution is -0.165. The second-order valence-electron chi connectivity index (χ2n) is 7.48. The number of benzene rings is 1. The SMILES string of the molecule is CC(C)(C)OC(=O)[C@@]1(C)CCN(C(=O)c2ccc(C(N)=O)cc2)C1. The van der Waals surface area contributed by atoms with Crippen molar-refractivity contribution in [3.8, 4) is 0 Å². The molecule has 0 aliphatic carbocycles. The number of hydrogen-bond acceptors (Lipinski definition) is 4. The van der Waals surface area contributed by atoms with Crippen LogP contribution < -0.4 is 5.73 Å². The van der Waals surface area contributed by atoms with Crippen LogP contribution in [-0.2, 0) is 9.53 Å². The molecule has 6 nitrogen and oxygen atoms in total. The first-order valence-corrected chi connectivity index (χ1v) is 7.94. The van der Waals surface area contributed by atoms with E-state index in [1.165, 1.54) is 12.1 Å². The van der Waals surface area contributed by atoms with E-state index in [2.05, 4.69) is 0 Å². The van der Waals surface area contributed by atoms with Crippen molar-refractivity contribution in [1.29, 1.82) is 0 Å². The molecule has 2 amide bonds. The van der Waals surface area contributed by atoms with E-state index < -0.39 is 16.9 Å². The van der Waals surface area contributed by atoms with Crippen molar-refractivity contribution >= 4 is 17.8 Å². The fourth-order valence-corrected chi connectivity index (χ4v) is 2.66. The number of ether oxygens (including phenoxy) is 1. The maximum atomic E-state index is 12.6. The predicted octanol–water partition coefficient (Wildman–Crippen LogP) is 1.98. The number of amides is 2. The van der Waals surface area contributed by atoms with Crippen LogP contribution in [-0.4, -0.2) is 41.4 Å². The van der Waals surface area contributed by atoms with Crippen molar-refractivity contribution in [3.63, 3.8) is 0 Å². The van der Waals surface area contributed by atoms with E-state index in [1.54, 1.807) is 17.0 Å². The van der Waals surface area contributed by atoms with E-state index in [4.69, 9.17) is 10.5 Å². The molecule has 0 unspecified atom stereocenters. The fourth-order valence-electron chi connectivity index (χ4n) is 2.66.